The molecule has 0 atom stereocenters. The summed E-state index contributed by atoms with van der Waals surface area (Å²) >= 11 is 0. The summed E-state index contributed by atoms with van der Waals surface area (Å²) in [5.41, 5.74) is 0. The fourth-order valence-electron chi connectivity index (χ4n) is 0.505. The summed E-state index contributed by atoms with van der Waals surface area (Å²) in [5, 5.41) is 9.72. The third-order valence-corrected chi connectivity index (χ3v) is 1.90. The maximum Gasteiger partial charge on any atom is 0.233 e. The van der Waals surface area contributed by atoms with Gasteiger partial charge in [0.25, 0.3) is 0 Å². The molecule has 0 rings (SSSR count). The van der Waals surface area contributed by atoms with E-state index < -0.39 is 10.0 Å². The predicted molar refractivity (Wildman–Crippen MR) is 44.9 cm³/mol. The lowest BCUT2D eigenvalue weighted by molar-refractivity contribution is -0.119. The first-order chi connectivity index (χ1) is 5.45. The van der Waals surface area contributed by atoms with Gasteiger partial charge < -0.3 is 10.6 Å². The fourth-order valence-corrected chi connectivity index (χ4v) is 0.934. The highest BCUT2D eigenvalue weighted by Crippen LogP contribution is 1.73. The summed E-state index contributed by atoms with van der Waals surface area (Å²) in [4.78, 5) is 10.6. The Labute approximate surface area is 71.6 Å². The molecule has 0 bridgehead atoms. The minimum Gasteiger partial charge on any atom is -0.358 e. The monoisotopic (exact) mass is 195 g/mol. The minimum atomic E-state index is -3.42. The number of rotatable bonds is 5. The van der Waals surface area contributed by atoms with E-state index in [9.17, 15) is 13.2 Å². The van der Waals surface area contributed by atoms with Gasteiger partial charge in [-0.05, 0) is 0 Å². The number of sulfonamides is 1. The standard InChI is InChI=1S/C5H13N3O3S/c1-7-5(9)4-8-2-3-12(6,10)11/h8H,2-4H2,1H3,(H,7,9)(H2,6,10,11). The van der Waals surface area contributed by atoms with E-state index in [2.05, 4.69) is 10.6 Å². The van der Waals surface area contributed by atoms with Crippen LogP contribution in [0.3, 0.4) is 0 Å². The molecule has 0 aromatic heterocycles. The van der Waals surface area contributed by atoms with Crippen LogP contribution in [0.15, 0.2) is 0 Å². The smallest absolute Gasteiger partial charge is 0.233 e. The Bertz CT molecular complexity index is 236. The number of nitrogens with one attached hydrogen (secondary N) is 2. The molecule has 0 heterocycles. The van der Waals surface area contributed by atoms with E-state index >= 15 is 0 Å². The summed E-state index contributed by atoms with van der Waals surface area (Å²) in [6, 6.07) is 0. The average Bonchev–Trinajstić information content (AvgIpc) is 1.96. The lowest BCUT2D eigenvalue weighted by Gasteiger charge is -2.01. The van der Waals surface area contributed by atoms with Crippen LogP contribution in [-0.2, 0) is 14.8 Å². The minimum absolute atomic E-state index is 0.103. The molecule has 0 aliphatic carbocycles. The molecule has 0 saturated heterocycles. The molecule has 0 saturated carbocycles. The van der Waals surface area contributed by atoms with Crippen LogP contribution in [0.1, 0.15) is 0 Å². The van der Waals surface area contributed by atoms with E-state index in [1.54, 1.807) is 0 Å². The average molecular weight is 195 g/mol. The van der Waals surface area contributed by atoms with E-state index in [1.165, 1.54) is 7.05 Å². The van der Waals surface area contributed by atoms with Gasteiger partial charge in [-0.25, -0.2) is 13.6 Å². The highest BCUT2D eigenvalue weighted by molar-refractivity contribution is 7.89. The molecule has 6 nitrogen and oxygen atoms in total. The maximum atomic E-state index is 10.6. The van der Waals surface area contributed by atoms with Crippen molar-refractivity contribution < 1.29 is 13.2 Å². The molecule has 12 heavy (non-hydrogen) atoms. The van der Waals surface area contributed by atoms with E-state index in [0.717, 1.165) is 0 Å². The van der Waals surface area contributed by atoms with Crippen LogP contribution in [-0.4, -0.2) is 40.2 Å². The molecule has 0 aromatic carbocycles. The van der Waals surface area contributed by atoms with Crippen LogP contribution < -0.4 is 15.8 Å². The molecular formula is C5H13N3O3S. The second-order valence-corrected chi connectivity index (χ2v) is 3.95. The molecule has 4 N–H and O–H groups in total. The predicted octanol–water partition coefficient (Wildman–Crippen LogP) is -2.39. The molecule has 0 unspecified atom stereocenters. The molecule has 7 heteroatoms. The summed E-state index contributed by atoms with van der Waals surface area (Å²) < 4.78 is 20.8. The van der Waals surface area contributed by atoms with Crippen molar-refractivity contribution in [2.24, 2.45) is 5.14 Å². The molecule has 0 radical (unpaired) electrons. The van der Waals surface area contributed by atoms with Crippen LogP contribution in [0.4, 0.5) is 0 Å². The lowest BCUT2D eigenvalue weighted by Crippen LogP contribution is -2.35. The zero-order valence-corrected chi connectivity index (χ0v) is 7.65. The van der Waals surface area contributed by atoms with Gasteiger partial charge >= 0.3 is 0 Å². The summed E-state index contributed by atoms with van der Waals surface area (Å²) in [7, 11) is -1.92. The van der Waals surface area contributed by atoms with Crippen LogP contribution >= 0.6 is 0 Å². The number of primary sulfonamides is 1. The van der Waals surface area contributed by atoms with Gasteiger partial charge in [0.15, 0.2) is 0 Å². The number of carbonyl (C=O) groups excluding carboxylic acids is 1. The zero-order valence-electron chi connectivity index (χ0n) is 6.83. The van der Waals surface area contributed by atoms with E-state index in [-0.39, 0.29) is 24.7 Å². The van der Waals surface area contributed by atoms with Gasteiger partial charge in [-0.2, -0.15) is 0 Å². The van der Waals surface area contributed by atoms with Crippen molar-refractivity contribution in [2.75, 3.05) is 25.9 Å². The molecule has 0 fully saturated rings. The van der Waals surface area contributed by atoms with Gasteiger partial charge in [0.05, 0.1) is 12.3 Å². The van der Waals surface area contributed by atoms with Gasteiger partial charge in [0.2, 0.25) is 15.9 Å². The Morgan fingerprint density at radius 3 is 2.50 bits per heavy atom. The third-order valence-electron chi connectivity index (χ3n) is 1.13. The van der Waals surface area contributed by atoms with E-state index in [4.69, 9.17) is 5.14 Å². The number of likely N-dealkylation sites (N-methyl/N-ethyl adjacent to an activating group) is 1. The van der Waals surface area contributed by atoms with Crippen LogP contribution in [0, 0.1) is 0 Å². The first-order valence-electron chi connectivity index (χ1n) is 3.37. The highest BCUT2D eigenvalue weighted by atomic mass is 32.2. The van der Waals surface area contributed by atoms with Gasteiger partial charge in [0.1, 0.15) is 0 Å². The molecule has 0 spiro atoms. The first-order valence-corrected chi connectivity index (χ1v) is 5.09. The van der Waals surface area contributed by atoms with Gasteiger partial charge in [0, 0.05) is 13.6 Å². The first kappa shape index (κ1) is 11.3. The Hall–Kier alpha value is -0.660. The second kappa shape index (κ2) is 5.07. The largest absolute Gasteiger partial charge is 0.358 e. The highest BCUT2D eigenvalue weighted by Gasteiger charge is 2.02. The van der Waals surface area contributed by atoms with E-state index in [0.29, 0.717) is 0 Å². The number of carbonyl (C=O) groups is 1. The molecule has 0 aromatic rings. The third kappa shape index (κ3) is 7.45. The van der Waals surface area contributed by atoms with Gasteiger partial charge in [-0.15, -0.1) is 0 Å². The zero-order chi connectivity index (χ0) is 9.61. The van der Waals surface area contributed by atoms with Gasteiger partial charge in [-0.3, -0.25) is 4.79 Å². The number of hydrogen-bond donors (Lipinski definition) is 3. The van der Waals surface area contributed by atoms with Crippen molar-refractivity contribution in [3.05, 3.63) is 0 Å². The number of nitrogens with two attached hydrogens (primary N) is 1. The topological polar surface area (TPSA) is 101 Å². The number of hydrogen-bond acceptors (Lipinski definition) is 4. The quantitative estimate of drug-likeness (QED) is 0.426. The summed E-state index contributed by atoms with van der Waals surface area (Å²) in [6.07, 6.45) is 0. The fraction of sp³-hybridized carbons (Fsp3) is 0.800. The van der Waals surface area contributed by atoms with Crippen molar-refractivity contribution in [3.8, 4) is 0 Å². The lowest BCUT2D eigenvalue weighted by atomic mass is 10.6. The Morgan fingerprint density at radius 1 is 1.50 bits per heavy atom. The Kier molecular flexibility index (Phi) is 4.79. The maximum absolute atomic E-state index is 10.6. The van der Waals surface area contributed by atoms with Crippen molar-refractivity contribution in [3.63, 3.8) is 0 Å². The van der Waals surface area contributed by atoms with Crippen LogP contribution in [0.25, 0.3) is 0 Å². The molecule has 72 valence electrons. The second-order valence-electron chi connectivity index (χ2n) is 2.22. The van der Waals surface area contributed by atoms with Crippen LogP contribution in [0.5, 0.6) is 0 Å². The van der Waals surface area contributed by atoms with Crippen molar-refractivity contribution in [1.29, 1.82) is 0 Å². The van der Waals surface area contributed by atoms with Crippen molar-refractivity contribution in [2.45, 2.75) is 0 Å². The van der Waals surface area contributed by atoms with Crippen molar-refractivity contribution in [1.82, 2.24) is 10.6 Å². The normalized spacial score (nSPS) is 11.2. The molecular weight excluding hydrogens is 182 g/mol. The van der Waals surface area contributed by atoms with Gasteiger partial charge in [-0.1, -0.05) is 0 Å². The molecule has 0 aliphatic rings. The number of amides is 1. The molecule has 0 aliphatic heterocycles. The molecule has 1 amide bonds. The van der Waals surface area contributed by atoms with E-state index in [1.807, 2.05) is 0 Å². The Morgan fingerprint density at radius 2 is 2.08 bits per heavy atom. The summed E-state index contributed by atoms with van der Waals surface area (Å²) in [6.45, 7) is 0.290. The van der Waals surface area contributed by atoms with Crippen molar-refractivity contribution >= 4 is 15.9 Å². The SMILES string of the molecule is CNC(=O)CNCCS(N)(=O)=O. The van der Waals surface area contributed by atoms with Crippen LogP contribution in [0.2, 0.25) is 0 Å². The summed E-state index contributed by atoms with van der Waals surface area (Å²) in [5.74, 6) is -0.353. The Balaban J connectivity index is 3.40.